The lowest BCUT2D eigenvalue weighted by Gasteiger charge is -2.24. The topological polar surface area (TPSA) is 35.5 Å². The van der Waals surface area contributed by atoms with Crippen molar-refractivity contribution in [3.8, 4) is 0 Å². The molecular formula is C16H22O3. The molecule has 3 heterocycles. The van der Waals surface area contributed by atoms with E-state index in [-0.39, 0.29) is 36.1 Å². The molecule has 4 aliphatic rings. The van der Waals surface area contributed by atoms with Gasteiger partial charge in [0.2, 0.25) is 0 Å². The van der Waals surface area contributed by atoms with Crippen LogP contribution in [0.25, 0.3) is 0 Å². The van der Waals surface area contributed by atoms with Crippen molar-refractivity contribution >= 4 is 5.97 Å². The number of esters is 1. The van der Waals surface area contributed by atoms with Crippen molar-refractivity contribution in [3.63, 3.8) is 0 Å². The molecule has 1 aliphatic carbocycles. The lowest BCUT2D eigenvalue weighted by molar-refractivity contribution is -0.146. The van der Waals surface area contributed by atoms with Crippen LogP contribution in [0.3, 0.4) is 0 Å². The van der Waals surface area contributed by atoms with Gasteiger partial charge in [0.05, 0.1) is 18.1 Å². The zero-order valence-electron chi connectivity index (χ0n) is 11.9. The quantitative estimate of drug-likeness (QED) is 0.497. The number of rotatable bonds is 0. The Morgan fingerprint density at radius 1 is 1.11 bits per heavy atom. The summed E-state index contributed by atoms with van der Waals surface area (Å²) >= 11 is 0. The van der Waals surface area contributed by atoms with Crippen molar-refractivity contribution in [1.82, 2.24) is 0 Å². The van der Waals surface area contributed by atoms with Crippen LogP contribution >= 0.6 is 0 Å². The van der Waals surface area contributed by atoms with Gasteiger partial charge < -0.3 is 9.47 Å². The molecule has 2 bridgehead atoms. The molecule has 3 heteroatoms. The monoisotopic (exact) mass is 262 g/mol. The van der Waals surface area contributed by atoms with Crippen molar-refractivity contribution in [2.45, 2.75) is 64.8 Å². The first-order valence-electron chi connectivity index (χ1n) is 7.56. The molecule has 2 saturated heterocycles. The average Bonchev–Trinajstić information content (AvgIpc) is 2.92. The van der Waals surface area contributed by atoms with E-state index in [0.29, 0.717) is 5.41 Å². The van der Waals surface area contributed by atoms with Gasteiger partial charge in [0.25, 0.3) is 0 Å². The number of hydrogen-bond donors (Lipinski definition) is 0. The minimum absolute atomic E-state index is 0.0139. The van der Waals surface area contributed by atoms with Gasteiger partial charge in [-0.15, -0.1) is 0 Å². The van der Waals surface area contributed by atoms with E-state index in [9.17, 15) is 4.79 Å². The fourth-order valence-electron chi connectivity index (χ4n) is 4.54. The predicted octanol–water partition coefficient (Wildman–Crippen LogP) is 2.84. The fraction of sp³-hybridized carbons (Fsp3) is 0.812. The van der Waals surface area contributed by atoms with E-state index >= 15 is 0 Å². The molecule has 19 heavy (non-hydrogen) atoms. The lowest BCUT2D eigenvalue weighted by Crippen LogP contribution is -2.32. The highest BCUT2D eigenvalue weighted by atomic mass is 16.6. The molecule has 0 aromatic carbocycles. The Hall–Kier alpha value is -0.830. The predicted molar refractivity (Wildman–Crippen MR) is 70.5 cm³/mol. The Morgan fingerprint density at radius 2 is 1.74 bits per heavy atom. The summed E-state index contributed by atoms with van der Waals surface area (Å²) in [4.78, 5) is 12.0. The fourth-order valence-corrected chi connectivity index (χ4v) is 4.54. The molecule has 0 aromatic rings. The van der Waals surface area contributed by atoms with E-state index in [0.717, 1.165) is 12.8 Å². The van der Waals surface area contributed by atoms with Crippen LogP contribution in [0, 0.1) is 17.3 Å². The smallest absolute Gasteiger partial charge is 0.312 e. The van der Waals surface area contributed by atoms with E-state index in [2.05, 4.69) is 13.8 Å². The van der Waals surface area contributed by atoms with Gasteiger partial charge in [-0.1, -0.05) is 13.8 Å². The number of carbonyl (C=O) groups excluding carboxylic acids is 1. The first-order valence-corrected chi connectivity index (χ1v) is 7.56. The second-order valence-corrected chi connectivity index (χ2v) is 7.44. The number of cyclic esters (lactones) is 1. The Morgan fingerprint density at radius 3 is 2.42 bits per heavy atom. The summed E-state index contributed by atoms with van der Waals surface area (Å²) in [5.41, 5.74) is 3.38. The molecule has 3 nitrogen and oxygen atoms in total. The van der Waals surface area contributed by atoms with Gasteiger partial charge in [-0.05, 0) is 49.2 Å². The standard InChI is InChI=1S/C16H22O3/c1-8-11-12(15(17)18-8)14-10-5-7-16(2,3)6-4-9(10)13(11)19-14/h8,11-14H,4-7H2,1-3H3. The van der Waals surface area contributed by atoms with Gasteiger partial charge in [0.15, 0.2) is 0 Å². The van der Waals surface area contributed by atoms with Crippen molar-refractivity contribution in [2.75, 3.05) is 0 Å². The Bertz CT molecular complexity index is 476. The molecule has 104 valence electrons. The normalized spacial score (nSPS) is 46.9. The third-order valence-corrected chi connectivity index (χ3v) is 5.74. The van der Waals surface area contributed by atoms with Gasteiger partial charge in [-0.25, -0.2) is 0 Å². The highest BCUT2D eigenvalue weighted by molar-refractivity contribution is 5.78. The number of fused-ring (bicyclic) bond motifs is 7. The summed E-state index contributed by atoms with van der Waals surface area (Å²) in [6.07, 6.45) is 4.93. The molecule has 4 rings (SSSR count). The van der Waals surface area contributed by atoms with Crippen LogP contribution in [0.5, 0.6) is 0 Å². The van der Waals surface area contributed by atoms with Gasteiger partial charge in [-0.3, -0.25) is 4.79 Å². The van der Waals surface area contributed by atoms with Gasteiger partial charge in [-0.2, -0.15) is 0 Å². The van der Waals surface area contributed by atoms with Crippen molar-refractivity contribution in [2.24, 2.45) is 17.3 Å². The molecule has 5 atom stereocenters. The zero-order valence-corrected chi connectivity index (χ0v) is 11.9. The summed E-state index contributed by atoms with van der Waals surface area (Å²) in [5, 5.41) is 0. The second-order valence-electron chi connectivity index (χ2n) is 7.44. The number of ether oxygens (including phenoxy) is 2. The second kappa shape index (κ2) is 3.63. The van der Waals surface area contributed by atoms with Crippen LogP contribution < -0.4 is 0 Å². The van der Waals surface area contributed by atoms with Crippen LogP contribution in [0.1, 0.15) is 46.5 Å². The van der Waals surface area contributed by atoms with Crippen LogP contribution in [-0.2, 0) is 14.3 Å². The Balaban J connectivity index is 1.69. The molecule has 0 spiro atoms. The van der Waals surface area contributed by atoms with E-state index in [1.165, 1.54) is 24.0 Å². The minimum Gasteiger partial charge on any atom is -0.462 e. The summed E-state index contributed by atoms with van der Waals surface area (Å²) in [6.45, 7) is 6.73. The van der Waals surface area contributed by atoms with E-state index in [1.807, 2.05) is 6.92 Å². The summed E-state index contributed by atoms with van der Waals surface area (Å²) < 4.78 is 11.6. The molecule has 0 N–H and O–H groups in total. The van der Waals surface area contributed by atoms with E-state index < -0.39 is 0 Å². The third kappa shape index (κ3) is 1.51. The maximum Gasteiger partial charge on any atom is 0.312 e. The minimum atomic E-state index is -0.0277. The van der Waals surface area contributed by atoms with Gasteiger partial charge in [0.1, 0.15) is 6.10 Å². The van der Waals surface area contributed by atoms with Crippen LogP contribution in [0.4, 0.5) is 0 Å². The summed E-state index contributed by atoms with van der Waals surface area (Å²) in [6, 6.07) is 0. The number of hydrogen-bond acceptors (Lipinski definition) is 3. The maximum atomic E-state index is 12.0. The molecule has 0 aromatic heterocycles. The highest BCUT2D eigenvalue weighted by Crippen LogP contribution is 2.56. The Kier molecular flexibility index (Phi) is 2.28. The SMILES string of the molecule is CC1OC(=O)C2C3OC(C4=C3CCC(C)(C)CC4)C12. The summed E-state index contributed by atoms with van der Waals surface area (Å²) in [5.74, 6) is 0.234. The molecule has 2 fully saturated rings. The summed E-state index contributed by atoms with van der Waals surface area (Å²) in [7, 11) is 0. The zero-order chi connectivity index (χ0) is 13.4. The first kappa shape index (κ1) is 12.0. The molecule has 5 unspecified atom stereocenters. The molecule has 3 aliphatic heterocycles. The van der Waals surface area contributed by atoms with Gasteiger partial charge >= 0.3 is 5.97 Å². The lowest BCUT2D eigenvalue weighted by atomic mass is 9.74. The van der Waals surface area contributed by atoms with Crippen LogP contribution in [0.2, 0.25) is 0 Å². The molecule has 0 saturated carbocycles. The van der Waals surface area contributed by atoms with E-state index in [4.69, 9.17) is 9.47 Å². The Labute approximate surface area is 114 Å². The van der Waals surface area contributed by atoms with Crippen LogP contribution in [-0.4, -0.2) is 24.3 Å². The van der Waals surface area contributed by atoms with Crippen LogP contribution in [0.15, 0.2) is 11.1 Å². The van der Waals surface area contributed by atoms with Crippen molar-refractivity contribution in [1.29, 1.82) is 0 Å². The van der Waals surface area contributed by atoms with Crippen molar-refractivity contribution < 1.29 is 14.3 Å². The molecular weight excluding hydrogens is 240 g/mol. The van der Waals surface area contributed by atoms with Gasteiger partial charge in [0, 0.05) is 5.92 Å². The molecule has 0 amide bonds. The number of carbonyl (C=O) groups is 1. The van der Waals surface area contributed by atoms with E-state index in [1.54, 1.807) is 0 Å². The largest absolute Gasteiger partial charge is 0.462 e. The third-order valence-electron chi connectivity index (χ3n) is 5.74. The van der Waals surface area contributed by atoms with Crippen molar-refractivity contribution in [3.05, 3.63) is 11.1 Å². The average molecular weight is 262 g/mol. The maximum absolute atomic E-state index is 12.0. The molecule has 0 radical (unpaired) electrons. The highest BCUT2D eigenvalue weighted by Gasteiger charge is 2.62. The first-order chi connectivity index (χ1) is 8.98.